The van der Waals surface area contributed by atoms with Gasteiger partial charge in [0, 0.05) is 88.7 Å². The molecule has 15 rings (SSSR count). The van der Waals surface area contributed by atoms with Gasteiger partial charge in [-0.1, -0.05) is 147 Å². The number of phenolic OH excluding ortho intramolecular Hbond substituents is 2. The van der Waals surface area contributed by atoms with Gasteiger partial charge in [-0.2, -0.15) is 26.3 Å². The number of aliphatic hydroxyl groups is 3. The average Bonchev–Trinajstić information content (AvgIpc) is 1.26. The van der Waals surface area contributed by atoms with Crippen LogP contribution in [0.5, 0.6) is 23.0 Å². The van der Waals surface area contributed by atoms with E-state index in [0.29, 0.717) is 55.1 Å². The molecule has 15 atom stereocenters. The molecule has 3 amide bonds. The summed E-state index contributed by atoms with van der Waals surface area (Å²) in [4.78, 5) is 102. The Bertz CT molecular complexity index is 5250. The SMILES string of the molecule is CC(=O)SC[C@@H](Cc1ccccc1)C(=O)NCC(=O)OCc1ccccc1.CNCC[C@H](Oc1cccc2ccccc12)c1cccs1.COc1cccc2c1C(=O)c1c(O)c3c(c(O)c1C2=O)C[C@@](O)(C(=O)CO)C[C@@H]3O[C@H]1C[C@H](N)[C@H](O)[C@H](C)O1.C[C@]12C=CC(=O)N[C@@H]1CC[C@@H]1[C@@H]2CC[C@]2(C)[C@@H](C(=O)Nc3cc(C(F)(F)F)ccc3C(F)(F)F)CC[C@@H]12.Cl. The second-order valence-electron chi connectivity index (χ2n) is 32.8. The molecule has 125 heavy (non-hydrogen) atoms. The van der Waals surface area contributed by atoms with E-state index in [1.54, 1.807) is 24.3 Å². The zero-order chi connectivity index (χ0) is 89.3. The quantitative estimate of drug-likeness (QED) is 0.0171. The minimum atomic E-state index is -4.91. The van der Waals surface area contributed by atoms with Crippen LogP contribution in [0.4, 0.5) is 32.0 Å². The van der Waals surface area contributed by atoms with Gasteiger partial charge in [-0.25, -0.2) is 0 Å². The number of ether oxygens (including phenoxy) is 5. The largest absolute Gasteiger partial charge is 0.507 e. The molecule has 0 spiro atoms. The Kier molecular flexibility index (Phi) is 31.1. The molecule has 0 bridgehead atoms. The fourth-order valence-corrected chi connectivity index (χ4v) is 20.2. The summed E-state index contributed by atoms with van der Waals surface area (Å²) in [5.74, 6) is -4.15. The van der Waals surface area contributed by atoms with Crippen molar-refractivity contribution in [3.05, 3.63) is 230 Å². The van der Waals surface area contributed by atoms with E-state index in [0.717, 1.165) is 67.3 Å². The van der Waals surface area contributed by atoms with Crippen LogP contribution in [0.1, 0.15) is 168 Å². The fraction of sp³-hybridized carbons (Fsp3) is 0.419. The number of Topliss-reactive ketones (excluding diaryl/α,β-unsaturated/α-hetero) is 1. The number of carbonyl (C=O) groups excluding carboxylic acids is 8. The van der Waals surface area contributed by atoms with Gasteiger partial charge in [-0.3, -0.25) is 38.4 Å². The minimum Gasteiger partial charge on any atom is -0.507 e. The number of benzene rings is 7. The number of methoxy groups -OCH3 is 1. The van der Waals surface area contributed by atoms with Crippen LogP contribution in [0.3, 0.4) is 0 Å². The molecule has 1 saturated heterocycles. The lowest BCUT2D eigenvalue weighted by Crippen LogP contribution is -2.59. The summed E-state index contributed by atoms with van der Waals surface area (Å²) in [5.41, 5.74) is 0.209. The Morgan fingerprint density at radius 1 is 0.784 bits per heavy atom. The maximum absolute atomic E-state index is 13.6. The van der Waals surface area contributed by atoms with Gasteiger partial charge in [-0.15, -0.1) is 23.7 Å². The molecule has 11 N–H and O–H groups in total. The van der Waals surface area contributed by atoms with Crippen molar-refractivity contribution in [3.63, 3.8) is 0 Å². The van der Waals surface area contributed by atoms with E-state index in [2.05, 4.69) is 88.2 Å². The summed E-state index contributed by atoms with van der Waals surface area (Å²) in [7, 11) is 3.30. The zero-order valence-corrected chi connectivity index (χ0v) is 72.0. The number of hydrogen-bond donors (Lipinski definition) is 10. The smallest absolute Gasteiger partial charge is 0.418 e. The van der Waals surface area contributed by atoms with Crippen molar-refractivity contribution in [1.82, 2.24) is 16.0 Å². The second kappa shape index (κ2) is 40.7. The van der Waals surface area contributed by atoms with Crippen LogP contribution >= 0.6 is 35.5 Å². The second-order valence-corrected chi connectivity index (χ2v) is 35.0. The van der Waals surface area contributed by atoms with E-state index < -0.39 is 154 Å². The van der Waals surface area contributed by atoms with Gasteiger partial charge in [0.05, 0.1) is 64.8 Å². The van der Waals surface area contributed by atoms with Crippen LogP contribution in [-0.2, 0) is 74.8 Å². The number of alkyl halides is 6. The molecule has 23 nitrogen and oxygen atoms in total. The number of carbonyl (C=O) groups is 8. The highest BCUT2D eigenvalue weighted by molar-refractivity contribution is 8.13. The van der Waals surface area contributed by atoms with E-state index >= 15 is 0 Å². The first-order valence-corrected chi connectivity index (χ1v) is 42.9. The van der Waals surface area contributed by atoms with Crippen LogP contribution in [0.15, 0.2) is 169 Å². The maximum atomic E-state index is 13.6. The van der Waals surface area contributed by atoms with E-state index in [-0.39, 0.29) is 100 Å². The number of hydrogen-bond acceptors (Lipinski definition) is 22. The molecule has 2 aliphatic heterocycles. The number of thioether (sulfide) groups is 1. The number of aliphatic hydroxyl groups excluding tert-OH is 2. The maximum Gasteiger partial charge on any atom is 0.418 e. The number of ketones is 3. The third kappa shape index (κ3) is 21.5. The van der Waals surface area contributed by atoms with Gasteiger partial charge in [-0.05, 0) is 153 Å². The Morgan fingerprint density at radius 3 is 2.13 bits per heavy atom. The van der Waals surface area contributed by atoms with Crippen molar-refractivity contribution in [3.8, 4) is 23.0 Å². The number of halogens is 7. The van der Waals surface area contributed by atoms with Crippen LogP contribution in [-0.4, -0.2) is 147 Å². The molecule has 7 aliphatic rings. The molecule has 7 aromatic carbocycles. The van der Waals surface area contributed by atoms with E-state index in [1.807, 2.05) is 80.7 Å². The van der Waals surface area contributed by atoms with Crippen molar-refractivity contribution in [1.29, 1.82) is 0 Å². The summed E-state index contributed by atoms with van der Waals surface area (Å²) in [5, 5.41) is 69.3. The molecule has 3 heterocycles. The molecule has 4 fully saturated rings. The number of phenols is 2. The first-order valence-electron chi connectivity index (χ1n) is 41.0. The highest BCUT2D eigenvalue weighted by atomic mass is 35.5. The van der Waals surface area contributed by atoms with Gasteiger partial charge >= 0.3 is 18.3 Å². The first kappa shape index (κ1) is 95.6. The molecule has 8 aromatic rings. The number of esters is 1. The molecule has 32 heteroatoms. The lowest BCUT2D eigenvalue weighted by molar-refractivity contribution is -0.247. The number of anilines is 1. The van der Waals surface area contributed by atoms with E-state index in [4.69, 9.17) is 29.4 Å². The Hall–Kier alpha value is -10.1. The number of nitrogens with one attached hydrogen (secondary N) is 4. The van der Waals surface area contributed by atoms with Crippen molar-refractivity contribution < 1.29 is 114 Å². The third-order valence-electron chi connectivity index (χ3n) is 25.1. The Balaban J connectivity index is 0.000000166. The Labute approximate surface area is 733 Å². The number of amides is 3. The van der Waals surface area contributed by atoms with Crippen LogP contribution in [0.25, 0.3) is 10.8 Å². The lowest BCUT2D eigenvalue weighted by atomic mass is 9.48. The zero-order valence-electron chi connectivity index (χ0n) is 69.5. The van der Waals surface area contributed by atoms with Crippen LogP contribution in [0.2, 0.25) is 0 Å². The number of nitrogens with two attached hydrogens (primary N) is 1. The van der Waals surface area contributed by atoms with Crippen molar-refractivity contribution in [2.24, 2.45) is 46.2 Å². The number of rotatable bonds is 22. The van der Waals surface area contributed by atoms with Gasteiger partial charge in [0.25, 0.3) is 0 Å². The highest BCUT2D eigenvalue weighted by Crippen LogP contribution is 2.65. The van der Waals surface area contributed by atoms with Crippen LogP contribution < -0.4 is 36.5 Å². The van der Waals surface area contributed by atoms with Crippen molar-refractivity contribution in [2.45, 2.75) is 166 Å². The van der Waals surface area contributed by atoms with E-state index in [9.17, 15) is 90.2 Å². The summed E-state index contributed by atoms with van der Waals surface area (Å²) >= 11 is 2.87. The fourth-order valence-electron chi connectivity index (χ4n) is 18.7. The van der Waals surface area contributed by atoms with Gasteiger partial charge in [0.2, 0.25) is 23.5 Å². The number of thiophene rings is 1. The lowest BCUT2D eigenvalue weighted by Gasteiger charge is -2.58. The molecule has 5 aliphatic carbocycles. The minimum absolute atomic E-state index is 0. The van der Waals surface area contributed by atoms with Crippen molar-refractivity contribution in [2.75, 3.05) is 44.9 Å². The molecule has 0 radical (unpaired) electrons. The number of aromatic hydroxyl groups is 2. The molecule has 1 aromatic heterocycles. The van der Waals surface area contributed by atoms with Crippen molar-refractivity contribution >= 4 is 98.1 Å². The average molecular weight is 1790 g/mol. The topological polar surface area (TPSA) is 358 Å². The third-order valence-corrected chi connectivity index (χ3v) is 27.0. The molecular formula is C93H102ClF6N5O18S2. The predicted molar refractivity (Wildman–Crippen MR) is 459 cm³/mol. The highest BCUT2D eigenvalue weighted by Gasteiger charge is 2.61. The Morgan fingerprint density at radius 2 is 1.46 bits per heavy atom. The molecule has 668 valence electrons. The summed E-state index contributed by atoms with van der Waals surface area (Å²) in [6.45, 7) is 7.12. The number of fused-ring (bicyclic) bond motifs is 9. The summed E-state index contributed by atoms with van der Waals surface area (Å²) in [6, 6.07) is 42.6. The predicted octanol–water partition coefficient (Wildman–Crippen LogP) is 14.6. The summed E-state index contributed by atoms with van der Waals surface area (Å²) < 4.78 is 109. The molecular weight excluding hydrogens is 1690 g/mol. The normalized spacial score (nSPS) is 24.9. The van der Waals surface area contributed by atoms with Gasteiger partial charge in [0.1, 0.15) is 54.5 Å². The van der Waals surface area contributed by atoms with Crippen LogP contribution in [0, 0.1) is 40.4 Å². The summed E-state index contributed by atoms with van der Waals surface area (Å²) in [6.07, 6.45) is -5.29. The van der Waals surface area contributed by atoms with E-state index in [1.165, 1.54) is 47.9 Å². The van der Waals surface area contributed by atoms with Gasteiger partial charge < -0.3 is 76.2 Å². The molecule has 3 saturated carbocycles. The first-order chi connectivity index (χ1) is 59.0. The van der Waals surface area contributed by atoms with Gasteiger partial charge in [0.15, 0.2) is 23.0 Å². The molecule has 0 unspecified atom stereocenters. The standard InChI is InChI=1S/C27H30F6N2O2.C27H29NO11.C21H23NO4S.C18H19NOS.ClH/c1-24-11-9-17-15(4-8-21-25(17,2)12-10-22(36)35-21)16(24)6-7-19(24)23(37)34-20-13-14(26(28,29)30)3-5-18(20)27(31,32)33;1-10-22(31)13(28)6-17(38-10)39-15-8-27(36,16(30)9-29)7-12-19(15)26(35)21-20(24(12)33)23(32)11-4-3-5-14(37-2)18(11)25(21)34;1-16(23)27-15-19(12-17-8-4-2-5-9-17)21(25)22-13-20(24)26-14-18-10-6-3-7-11-18;1-19-12-11-17(18-10-5-13-21-18)20-16-9-4-7-14-6-2-3-8-15(14)16;/h3,5,10,12-13,15-17,19,21H,4,6-9,11H2,1-2H3,(H,34,37)(H,35,36);3-5,10,13,15,17,22,29,31,33,35-36H,6-9,28H2,1-2H3;2-11,19H,12-15H2,1H3,(H,22,25);2-10,13,17,19H,11-12H2,1H3;1H/t15-,16-,17-,19+,21+,24-,25+;10-,13-,15-,17-,22+,27-;19-;17-;/m0010./s1. The monoisotopic (exact) mass is 1790 g/mol.